The lowest BCUT2D eigenvalue weighted by atomic mass is 10.0. The fourth-order valence-corrected chi connectivity index (χ4v) is 3.76. The average molecular weight is 273 g/mol. The average Bonchev–Trinajstić information content (AvgIpc) is 3.02. The first kappa shape index (κ1) is 12.8. The van der Waals surface area contributed by atoms with E-state index in [-0.39, 0.29) is 0 Å². The van der Waals surface area contributed by atoms with E-state index in [1.165, 1.54) is 21.8 Å². The Morgan fingerprint density at radius 1 is 1.42 bits per heavy atom. The second-order valence-corrected chi connectivity index (χ2v) is 6.08. The van der Waals surface area contributed by atoms with Gasteiger partial charge in [-0.05, 0) is 30.2 Å². The molecule has 3 nitrogen and oxygen atoms in total. The largest absolute Gasteiger partial charge is 0.316 e. The first-order valence-corrected chi connectivity index (χ1v) is 7.71. The molecule has 0 saturated carbocycles. The van der Waals surface area contributed by atoms with E-state index in [1.807, 2.05) is 29.7 Å². The zero-order valence-corrected chi connectivity index (χ0v) is 12.0. The number of thioether (sulfide) groups is 1. The van der Waals surface area contributed by atoms with Crippen LogP contribution in [0.5, 0.6) is 0 Å². The van der Waals surface area contributed by atoms with Crippen molar-refractivity contribution in [2.75, 3.05) is 18.8 Å². The summed E-state index contributed by atoms with van der Waals surface area (Å²) in [6.07, 6.45) is 5.08. The summed E-state index contributed by atoms with van der Waals surface area (Å²) in [7, 11) is 1.96. The molecular formula is C15H19N3S. The van der Waals surface area contributed by atoms with Crippen LogP contribution in [0.3, 0.4) is 0 Å². The van der Waals surface area contributed by atoms with Gasteiger partial charge in [0, 0.05) is 36.4 Å². The van der Waals surface area contributed by atoms with Gasteiger partial charge >= 0.3 is 0 Å². The van der Waals surface area contributed by atoms with Gasteiger partial charge in [0.25, 0.3) is 0 Å². The van der Waals surface area contributed by atoms with Gasteiger partial charge in [-0.2, -0.15) is 5.10 Å². The molecule has 0 amide bonds. The van der Waals surface area contributed by atoms with Crippen molar-refractivity contribution in [2.24, 2.45) is 7.05 Å². The number of hydrogen-bond donors (Lipinski definition) is 1. The van der Waals surface area contributed by atoms with Crippen molar-refractivity contribution >= 4 is 11.8 Å². The molecular weight excluding hydrogens is 254 g/mol. The van der Waals surface area contributed by atoms with Gasteiger partial charge in [0.2, 0.25) is 0 Å². The number of fused-ring (bicyclic) bond motifs is 1. The second kappa shape index (κ2) is 5.80. The van der Waals surface area contributed by atoms with Crippen molar-refractivity contribution in [3.63, 3.8) is 0 Å². The predicted molar refractivity (Wildman–Crippen MR) is 79.7 cm³/mol. The number of nitrogens with one attached hydrogen (secondary N) is 1. The van der Waals surface area contributed by atoms with Crippen molar-refractivity contribution in [1.29, 1.82) is 0 Å². The van der Waals surface area contributed by atoms with Crippen LogP contribution in [0.4, 0.5) is 0 Å². The third kappa shape index (κ3) is 3.01. The van der Waals surface area contributed by atoms with Gasteiger partial charge in [0.1, 0.15) is 0 Å². The van der Waals surface area contributed by atoms with E-state index in [9.17, 15) is 0 Å². The van der Waals surface area contributed by atoms with Crippen LogP contribution < -0.4 is 5.32 Å². The monoisotopic (exact) mass is 273 g/mol. The summed E-state index contributed by atoms with van der Waals surface area (Å²) in [6, 6.07) is 8.77. The Kier molecular flexibility index (Phi) is 3.89. The normalized spacial score (nSPS) is 17.6. The van der Waals surface area contributed by atoms with Crippen LogP contribution in [0.15, 0.2) is 41.6 Å². The minimum atomic E-state index is 0.662. The molecule has 19 heavy (non-hydrogen) atoms. The summed E-state index contributed by atoms with van der Waals surface area (Å²) in [6.45, 7) is 2.10. The van der Waals surface area contributed by atoms with E-state index in [2.05, 4.69) is 40.9 Å². The lowest BCUT2D eigenvalue weighted by Gasteiger charge is -2.11. The van der Waals surface area contributed by atoms with Gasteiger partial charge in [0.05, 0.1) is 6.20 Å². The molecule has 0 aliphatic carbocycles. The molecule has 2 heterocycles. The van der Waals surface area contributed by atoms with Crippen LogP contribution in [0, 0.1) is 0 Å². The Bertz CT molecular complexity index is 550. The molecule has 1 aliphatic rings. The molecule has 1 N–H and O–H groups in total. The first-order chi connectivity index (χ1) is 9.33. The van der Waals surface area contributed by atoms with E-state index >= 15 is 0 Å². The van der Waals surface area contributed by atoms with Crippen LogP contribution in [-0.4, -0.2) is 28.6 Å². The third-order valence-corrected chi connectivity index (χ3v) is 4.79. The van der Waals surface area contributed by atoms with Gasteiger partial charge in [-0.25, -0.2) is 0 Å². The van der Waals surface area contributed by atoms with Crippen LogP contribution in [0.25, 0.3) is 0 Å². The van der Waals surface area contributed by atoms with Crippen molar-refractivity contribution in [3.8, 4) is 0 Å². The zero-order chi connectivity index (χ0) is 13.1. The van der Waals surface area contributed by atoms with Crippen LogP contribution >= 0.6 is 11.8 Å². The Balaban J connectivity index is 1.46. The van der Waals surface area contributed by atoms with Gasteiger partial charge in [-0.15, -0.1) is 11.8 Å². The summed E-state index contributed by atoms with van der Waals surface area (Å²) >= 11 is 1.98. The number of benzene rings is 1. The molecule has 0 spiro atoms. The van der Waals surface area contributed by atoms with Gasteiger partial charge < -0.3 is 5.32 Å². The molecule has 100 valence electrons. The number of rotatable bonds is 5. The van der Waals surface area contributed by atoms with Crippen LogP contribution in [-0.2, 0) is 13.5 Å². The lowest BCUT2D eigenvalue weighted by Crippen LogP contribution is -2.23. The molecule has 0 fully saturated rings. The third-order valence-electron chi connectivity index (χ3n) is 3.54. The summed E-state index contributed by atoms with van der Waals surface area (Å²) in [5, 5.41) is 7.76. The van der Waals surface area contributed by atoms with Crippen molar-refractivity contribution in [2.45, 2.75) is 17.2 Å². The standard InChI is InChI=1S/C15H19N3S/c1-18-10-12(8-17-18)6-7-16-9-13-11-19-15-5-3-2-4-14(13)15/h2-5,8,10,13,16H,6-7,9,11H2,1H3. The van der Waals surface area contributed by atoms with Crippen molar-refractivity contribution < 1.29 is 0 Å². The number of aromatic nitrogens is 2. The number of nitrogens with zero attached hydrogens (tertiary/aromatic N) is 2. The highest BCUT2D eigenvalue weighted by Gasteiger charge is 2.21. The minimum absolute atomic E-state index is 0.662. The molecule has 0 radical (unpaired) electrons. The maximum atomic E-state index is 4.19. The highest BCUT2D eigenvalue weighted by Crippen LogP contribution is 2.38. The maximum absolute atomic E-state index is 4.19. The Hall–Kier alpha value is -1.26. The molecule has 3 rings (SSSR count). The molecule has 1 unspecified atom stereocenters. The van der Waals surface area contributed by atoms with E-state index in [0.29, 0.717) is 5.92 Å². The lowest BCUT2D eigenvalue weighted by molar-refractivity contribution is 0.621. The minimum Gasteiger partial charge on any atom is -0.316 e. The van der Waals surface area contributed by atoms with Crippen LogP contribution in [0.2, 0.25) is 0 Å². The molecule has 0 saturated heterocycles. The molecule has 0 bridgehead atoms. The Morgan fingerprint density at radius 2 is 2.32 bits per heavy atom. The number of aryl methyl sites for hydroxylation is 1. The van der Waals surface area contributed by atoms with Gasteiger partial charge in [-0.3, -0.25) is 4.68 Å². The van der Waals surface area contributed by atoms with Crippen molar-refractivity contribution in [3.05, 3.63) is 47.8 Å². The molecule has 1 aromatic heterocycles. The van der Waals surface area contributed by atoms with Gasteiger partial charge in [0.15, 0.2) is 0 Å². The quantitative estimate of drug-likeness (QED) is 0.849. The summed E-state index contributed by atoms with van der Waals surface area (Å²) in [5.74, 6) is 1.87. The van der Waals surface area contributed by atoms with E-state index in [4.69, 9.17) is 0 Å². The highest BCUT2D eigenvalue weighted by molar-refractivity contribution is 7.99. The molecule has 1 aliphatic heterocycles. The molecule has 1 atom stereocenters. The summed E-state index contributed by atoms with van der Waals surface area (Å²) in [5.41, 5.74) is 2.82. The fraction of sp³-hybridized carbons (Fsp3) is 0.400. The zero-order valence-electron chi connectivity index (χ0n) is 11.2. The molecule has 4 heteroatoms. The SMILES string of the molecule is Cn1cc(CCNCC2CSc3ccccc32)cn1. The van der Waals surface area contributed by atoms with E-state index in [1.54, 1.807) is 0 Å². The topological polar surface area (TPSA) is 29.9 Å². The summed E-state index contributed by atoms with van der Waals surface area (Å²) in [4.78, 5) is 1.46. The first-order valence-electron chi connectivity index (χ1n) is 6.73. The summed E-state index contributed by atoms with van der Waals surface area (Å²) < 4.78 is 1.86. The van der Waals surface area contributed by atoms with Crippen LogP contribution in [0.1, 0.15) is 17.0 Å². The predicted octanol–water partition coefficient (Wildman–Crippen LogP) is 2.44. The van der Waals surface area contributed by atoms with E-state index < -0.39 is 0 Å². The smallest absolute Gasteiger partial charge is 0.0522 e. The van der Waals surface area contributed by atoms with Crippen molar-refractivity contribution in [1.82, 2.24) is 15.1 Å². The second-order valence-electron chi connectivity index (χ2n) is 5.02. The highest BCUT2D eigenvalue weighted by atomic mass is 32.2. The fourth-order valence-electron chi connectivity index (χ4n) is 2.51. The molecule has 1 aromatic carbocycles. The molecule has 2 aromatic rings. The number of hydrogen-bond acceptors (Lipinski definition) is 3. The Labute approximate surface area is 118 Å². The van der Waals surface area contributed by atoms with E-state index in [0.717, 1.165) is 19.5 Å². The van der Waals surface area contributed by atoms with Gasteiger partial charge in [-0.1, -0.05) is 18.2 Å². The maximum Gasteiger partial charge on any atom is 0.0522 e. The Morgan fingerprint density at radius 3 is 3.16 bits per heavy atom.